The highest BCUT2D eigenvalue weighted by Gasteiger charge is 2.50. The Balaban J connectivity index is 2.18. The SMILES string of the molecule is COC1CC(NS(=O)(=O)c2cc(CN)oc2Br)C1(C)C. The van der Waals surface area contributed by atoms with Gasteiger partial charge in [-0.05, 0) is 22.4 Å². The summed E-state index contributed by atoms with van der Waals surface area (Å²) in [4.78, 5) is 0.0783. The van der Waals surface area contributed by atoms with Crippen LogP contribution >= 0.6 is 15.9 Å². The van der Waals surface area contributed by atoms with E-state index in [1.54, 1.807) is 7.11 Å². The van der Waals surface area contributed by atoms with Crippen LogP contribution in [0.5, 0.6) is 0 Å². The number of halogens is 1. The summed E-state index contributed by atoms with van der Waals surface area (Å²) in [6.45, 7) is 4.11. The number of sulfonamides is 1. The molecule has 20 heavy (non-hydrogen) atoms. The van der Waals surface area contributed by atoms with Crippen molar-refractivity contribution in [3.63, 3.8) is 0 Å². The molecule has 1 fully saturated rings. The molecule has 2 unspecified atom stereocenters. The zero-order valence-electron chi connectivity index (χ0n) is 11.6. The minimum atomic E-state index is -3.64. The number of hydrogen-bond donors (Lipinski definition) is 2. The molecule has 1 saturated carbocycles. The molecule has 2 atom stereocenters. The van der Waals surface area contributed by atoms with E-state index >= 15 is 0 Å². The van der Waals surface area contributed by atoms with Gasteiger partial charge in [0.15, 0.2) is 4.67 Å². The van der Waals surface area contributed by atoms with Gasteiger partial charge in [-0.25, -0.2) is 13.1 Å². The lowest BCUT2D eigenvalue weighted by Gasteiger charge is -2.50. The Morgan fingerprint density at radius 3 is 2.70 bits per heavy atom. The molecule has 114 valence electrons. The number of rotatable bonds is 5. The first-order chi connectivity index (χ1) is 9.22. The smallest absolute Gasteiger partial charge is 0.245 e. The summed E-state index contributed by atoms with van der Waals surface area (Å²) in [5.41, 5.74) is 5.21. The lowest BCUT2D eigenvalue weighted by Crippen LogP contribution is -2.61. The predicted molar refractivity (Wildman–Crippen MR) is 77.6 cm³/mol. The van der Waals surface area contributed by atoms with Crippen LogP contribution in [0.15, 0.2) is 20.0 Å². The Bertz CT molecular complexity index is 597. The standard InChI is InChI=1S/C12H19BrN2O4S/c1-12(2)9(5-10(12)18-3)15-20(16,17)8-4-7(6-14)19-11(8)13/h4,9-10,15H,5-6,14H2,1-3H3. The Morgan fingerprint density at radius 2 is 2.25 bits per heavy atom. The van der Waals surface area contributed by atoms with Gasteiger partial charge < -0.3 is 14.9 Å². The van der Waals surface area contributed by atoms with Crippen molar-refractivity contribution in [2.24, 2.45) is 11.1 Å². The maximum absolute atomic E-state index is 12.4. The highest BCUT2D eigenvalue weighted by Crippen LogP contribution is 2.43. The van der Waals surface area contributed by atoms with Crippen molar-refractivity contribution in [2.45, 2.75) is 43.9 Å². The van der Waals surface area contributed by atoms with Crippen LogP contribution in [-0.4, -0.2) is 27.7 Å². The average Bonchev–Trinajstić information content (AvgIpc) is 2.76. The first-order valence-corrected chi connectivity index (χ1v) is 8.53. The minimum absolute atomic E-state index is 0.0580. The zero-order valence-corrected chi connectivity index (χ0v) is 14.0. The van der Waals surface area contributed by atoms with Crippen molar-refractivity contribution in [1.29, 1.82) is 0 Å². The summed E-state index contributed by atoms with van der Waals surface area (Å²) in [6, 6.07) is 1.27. The number of methoxy groups -OCH3 is 1. The van der Waals surface area contributed by atoms with E-state index in [1.165, 1.54) is 6.07 Å². The van der Waals surface area contributed by atoms with Crippen LogP contribution in [0.4, 0.5) is 0 Å². The molecule has 1 aliphatic carbocycles. The molecular weight excluding hydrogens is 348 g/mol. The molecule has 1 heterocycles. The van der Waals surface area contributed by atoms with E-state index in [-0.39, 0.29) is 33.7 Å². The predicted octanol–water partition coefficient (Wildman–Crippen LogP) is 1.59. The van der Waals surface area contributed by atoms with Gasteiger partial charge in [-0.15, -0.1) is 0 Å². The van der Waals surface area contributed by atoms with Crippen LogP contribution in [-0.2, 0) is 21.3 Å². The molecule has 0 saturated heterocycles. The van der Waals surface area contributed by atoms with Gasteiger partial charge in [0.25, 0.3) is 0 Å². The van der Waals surface area contributed by atoms with Crippen LogP contribution in [0.1, 0.15) is 26.0 Å². The van der Waals surface area contributed by atoms with Gasteiger partial charge in [0.2, 0.25) is 10.0 Å². The van der Waals surface area contributed by atoms with Gasteiger partial charge in [-0.2, -0.15) is 0 Å². The fourth-order valence-corrected chi connectivity index (χ4v) is 4.82. The molecule has 0 amide bonds. The third kappa shape index (κ3) is 2.67. The van der Waals surface area contributed by atoms with Crippen LogP contribution in [0.2, 0.25) is 0 Å². The maximum Gasteiger partial charge on any atom is 0.245 e. The second-order valence-electron chi connectivity index (χ2n) is 5.51. The topological polar surface area (TPSA) is 94.6 Å². The van der Waals surface area contributed by atoms with E-state index in [0.717, 1.165) is 0 Å². The van der Waals surface area contributed by atoms with Crippen molar-refractivity contribution in [3.05, 3.63) is 16.5 Å². The van der Waals surface area contributed by atoms with Crippen LogP contribution in [0, 0.1) is 5.41 Å². The monoisotopic (exact) mass is 366 g/mol. The van der Waals surface area contributed by atoms with Gasteiger partial charge in [-0.3, -0.25) is 0 Å². The van der Waals surface area contributed by atoms with Gasteiger partial charge in [0.05, 0.1) is 12.6 Å². The van der Waals surface area contributed by atoms with Gasteiger partial charge in [-0.1, -0.05) is 13.8 Å². The van der Waals surface area contributed by atoms with Crippen molar-refractivity contribution in [1.82, 2.24) is 4.72 Å². The molecule has 1 aromatic heterocycles. The molecule has 0 radical (unpaired) electrons. The minimum Gasteiger partial charge on any atom is -0.452 e. The number of furan rings is 1. The van der Waals surface area contributed by atoms with E-state index < -0.39 is 10.0 Å². The largest absolute Gasteiger partial charge is 0.452 e. The Kier molecular flexibility index (Phi) is 4.32. The number of nitrogens with one attached hydrogen (secondary N) is 1. The molecule has 0 aromatic carbocycles. The first kappa shape index (κ1) is 16.0. The molecule has 2 rings (SSSR count). The molecule has 0 bridgehead atoms. The van der Waals surface area contributed by atoms with Gasteiger partial charge in [0.1, 0.15) is 10.7 Å². The second kappa shape index (κ2) is 5.42. The molecule has 6 nitrogen and oxygen atoms in total. The molecule has 3 N–H and O–H groups in total. The van der Waals surface area contributed by atoms with Crippen molar-refractivity contribution in [2.75, 3.05) is 7.11 Å². The van der Waals surface area contributed by atoms with E-state index in [1.807, 2.05) is 13.8 Å². The summed E-state index contributed by atoms with van der Waals surface area (Å²) < 4.78 is 38.2. The fraction of sp³-hybridized carbons (Fsp3) is 0.667. The number of nitrogens with two attached hydrogens (primary N) is 1. The van der Waals surface area contributed by atoms with Crippen LogP contribution in [0.25, 0.3) is 0 Å². The molecule has 0 spiro atoms. The molecular formula is C12H19BrN2O4S. The Labute approximate surface area is 127 Å². The molecule has 8 heteroatoms. The highest BCUT2D eigenvalue weighted by atomic mass is 79.9. The normalized spacial score (nSPS) is 25.4. The van der Waals surface area contributed by atoms with Crippen molar-refractivity contribution in [3.8, 4) is 0 Å². The van der Waals surface area contributed by atoms with Crippen molar-refractivity contribution >= 4 is 26.0 Å². The summed E-state index contributed by atoms with van der Waals surface area (Å²) in [6.07, 6.45) is 0.713. The van der Waals surface area contributed by atoms with Gasteiger partial charge in [0, 0.05) is 24.6 Å². The first-order valence-electron chi connectivity index (χ1n) is 6.25. The summed E-state index contributed by atoms with van der Waals surface area (Å²) in [5.74, 6) is 0.417. The molecule has 1 aromatic rings. The third-order valence-corrected chi connectivity index (χ3v) is 6.29. The maximum atomic E-state index is 12.4. The highest BCUT2D eigenvalue weighted by molar-refractivity contribution is 9.10. The van der Waals surface area contributed by atoms with Crippen molar-refractivity contribution < 1.29 is 17.6 Å². The van der Waals surface area contributed by atoms with E-state index in [2.05, 4.69) is 20.7 Å². The lowest BCUT2D eigenvalue weighted by molar-refractivity contribution is -0.0908. The summed E-state index contributed by atoms with van der Waals surface area (Å²) in [7, 11) is -2.01. The number of hydrogen-bond acceptors (Lipinski definition) is 5. The second-order valence-corrected chi connectivity index (χ2v) is 7.91. The average molecular weight is 367 g/mol. The lowest BCUT2D eigenvalue weighted by atomic mass is 9.65. The Hall–Kier alpha value is -0.410. The van der Waals surface area contributed by atoms with E-state index in [0.29, 0.717) is 12.2 Å². The van der Waals surface area contributed by atoms with E-state index in [9.17, 15) is 8.42 Å². The van der Waals surface area contributed by atoms with Crippen LogP contribution in [0.3, 0.4) is 0 Å². The fourth-order valence-electron chi connectivity index (χ4n) is 2.42. The number of ether oxygens (including phenoxy) is 1. The quantitative estimate of drug-likeness (QED) is 0.824. The third-order valence-electron chi connectivity index (χ3n) is 3.96. The Morgan fingerprint density at radius 1 is 1.60 bits per heavy atom. The summed E-state index contributed by atoms with van der Waals surface area (Å²) >= 11 is 3.11. The molecule has 1 aliphatic rings. The van der Waals surface area contributed by atoms with E-state index in [4.69, 9.17) is 14.9 Å². The summed E-state index contributed by atoms with van der Waals surface area (Å²) in [5, 5.41) is 0. The van der Waals surface area contributed by atoms with Crippen LogP contribution < -0.4 is 10.5 Å². The molecule has 0 aliphatic heterocycles. The van der Waals surface area contributed by atoms with Gasteiger partial charge >= 0.3 is 0 Å². The zero-order chi connectivity index (χ0) is 15.1.